The Hall–Kier alpha value is -1.92. The topological polar surface area (TPSA) is 71.1 Å². The molecule has 118 valence electrons. The molecule has 0 atom stereocenters. The summed E-state index contributed by atoms with van der Waals surface area (Å²) in [4.78, 5) is 4.31. The average Bonchev–Trinajstić information content (AvgIpc) is 2.46. The van der Waals surface area contributed by atoms with E-state index in [2.05, 4.69) is 47.9 Å². The minimum atomic E-state index is -3.44. The summed E-state index contributed by atoms with van der Waals surface area (Å²) >= 11 is 0. The SMILES string of the molecule is CNS(=O)(=O)c1ccc(NCc2c(C)cc(C)cc2C)nc1. The van der Waals surface area contributed by atoms with Crippen molar-refractivity contribution in [2.24, 2.45) is 0 Å². The van der Waals surface area contributed by atoms with Crippen molar-refractivity contribution in [3.05, 3.63) is 52.7 Å². The van der Waals surface area contributed by atoms with Crippen molar-refractivity contribution in [1.29, 1.82) is 0 Å². The van der Waals surface area contributed by atoms with E-state index in [1.807, 2.05) is 0 Å². The molecule has 0 aliphatic carbocycles. The van der Waals surface area contributed by atoms with Gasteiger partial charge in [-0.1, -0.05) is 17.7 Å². The number of hydrogen-bond acceptors (Lipinski definition) is 4. The molecular formula is C16H21N3O2S. The molecule has 0 radical (unpaired) electrons. The van der Waals surface area contributed by atoms with E-state index < -0.39 is 10.0 Å². The van der Waals surface area contributed by atoms with E-state index in [1.54, 1.807) is 6.07 Å². The third-order valence-electron chi connectivity index (χ3n) is 3.60. The lowest BCUT2D eigenvalue weighted by atomic mass is 10.00. The molecule has 5 nitrogen and oxygen atoms in total. The Labute approximate surface area is 131 Å². The zero-order valence-corrected chi connectivity index (χ0v) is 14.1. The lowest BCUT2D eigenvalue weighted by molar-refractivity contribution is 0.588. The molecular weight excluding hydrogens is 298 g/mol. The number of sulfonamides is 1. The highest BCUT2D eigenvalue weighted by molar-refractivity contribution is 7.89. The zero-order valence-electron chi connectivity index (χ0n) is 13.3. The molecule has 0 unspecified atom stereocenters. The maximum absolute atomic E-state index is 11.6. The van der Waals surface area contributed by atoms with Gasteiger partial charge in [0.2, 0.25) is 10.0 Å². The molecule has 1 aromatic carbocycles. The molecule has 0 fully saturated rings. The van der Waals surface area contributed by atoms with E-state index >= 15 is 0 Å². The maximum Gasteiger partial charge on any atom is 0.241 e. The van der Waals surface area contributed by atoms with Crippen molar-refractivity contribution in [1.82, 2.24) is 9.71 Å². The summed E-state index contributed by atoms with van der Waals surface area (Å²) in [6.45, 7) is 6.92. The number of rotatable bonds is 5. The van der Waals surface area contributed by atoms with Gasteiger partial charge in [-0.3, -0.25) is 0 Å². The van der Waals surface area contributed by atoms with Gasteiger partial charge in [-0.2, -0.15) is 0 Å². The number of hydrogen-bond donors (Lipinski definition) is 2. The number of nitrogens with one attached hydrogen (secondary N) is 2. The first-order chi connectivity index (χ1) is 10.3. The summed E-state index contributed by atoms with van der Waals surface area (Å²) in [5, 5.41) is 3.23. The quantitative estimate of drug-likeness (QED) is 0.888. The van der Waals surface area contributed by atoms with Crippen LogP contribution in [0.2, 0.25) is 0 Å². The molecule has 0 saturated heterocycles. The Bertz CT molecular complexity index is 745. The Morgan fingerprint density at radius 2 is 1.73 bits per heavy atom. The summed E-state index contributed by atoms with van der Waals surface area (Å²) in [6.07, 6.45) is 1.35. The molecule has 0 aliphatic rings. The van der Waals surface area contributed by atoms with Crippen LogP contribution in [-0.4, -0.2) is 20.4 Å². The predicted molar refractivity (Wildman–Crippen MR) is 88.5 cm³/mol. The molecule has 2 rings (SSSR count). The van der Waals surface area contributed by atoms with Crippen molar-refractivity contribution in [2.75, 3.05) is 12.4 Å². The third kappa shape index (κ3) is 3.64. The van der Waals surface area contributed by atoms with E-state index in [4.69, 9.17) is 0 Å². The molecule has 2 N–H and O–H groups in total. The van der Waals surface area contributed by atoms with Gasteiger partial charge >= 0.3 is 0 Å². The second kappa shape index (κ2) is 6.46. The van der Waals surface area contributed by atoms with Gasteiger partial charge < -0.3 is 5.32 Å². The average molecular weight is 319 g/mol. The number of aryl methyl sites for hydroxylation is 3. The normalized spacial score (nSPS) is 11.5. The minimum absolute atomic E-state index is 0.156. The maximum atomic E-state index is 11.6. The first kappa shape index (κ1) is 16.5. The molecule has 0 amide bonds. The van der Waals surface area contributed by atoms with Crippen molar-refractivity contribution in [2.45, 2.75) is 32.2 Å². The zero-order chi connectivity index (χ0) is 16.3. The van der Waals surface area contributed by atoms with Gasteiger partial charge in [0, 0.05) is 12.7 Å². The van der Waals surface area contributed by atoms with Gasteiger partial charge in [-0.25, -0.2) is 18.1 Å². The van der Waals surface area contributed by atoms with Gasteiger partial charge in [-0.15, -0.1) is 0 Å². The van der Waals surface area contributed by atoms with Crippen LogP contribution in [0, 0.1) is 20.8 Å². The Kier molecular flexibility index (Phi) is 4.83. The molecule has 0 spiro atoms. The number of benzene rings is 1. The fourth-order valence-electron chi connectivity index (χ4n) is 2.43. The van der Waals surface area contributed by atoms with Gasteiger partial charge in [0.15, 0.2) is 0 Å². The van der Waals surface area contributed by atoms with Crippen LogP contribution >= 0.6 is 0 Å². The molecule has 2 aromatic rings. The van der Waals surface area contributed by atoms with Crippen LogP contribution < -0.4 is 10.0 Å². The highest BCUT2D eigenvalue weighted by Crippen LogP contribution is 2.18. The highest BCUT2D eigenvalue weighted by atomic mass is 32.2. The monoisotopic (exact) mass is 319 g/mol. The van der Waals surface area contributed by atoms with Crippen LogP contribution in [0.5, 0.6) is 0 Å². The summed E-state index contributed by atoms with van der Waals surface area (Å²) < 4.78 is 25.5. The summed E-state index contributed by atoms with van der Waals surface area (Å²) in [5.41, 5.74) is 4.96. The van der Waals surface area contributed by atoms with E-state index in [-0.39, 0.29) is 4.90 Å². The molecule has 1 heterocycles. The van der Waals surface area contributed by atoms with Crippen LogP contribution in [0.3, 0.4) is 0 Å². The van der Waals surface area contributed by atoms with Gasteiger partial charge in [0.25, 0.3) is 0 Å². The predicted octanol–water partition coefficient (Wildman–Crippen LogP) is 2.53. The van der Waals surface area contributed by atoms with Crippen molar-refractivity contribution in [3.8, 4) is 0 Å². The van der Waals surface area contributed by atoms with Crippen LogP contribution in [0.4, 0.5) is 5.82 Å². The van der Waals surface area contributed by atoms with Crippen molar-refractivity contribution in [3.63, 3.8) is 0 Å². The number of nitrogens with zero attached hydrogens (tertiary/aromatic N) is 1. The van der Waals surface area contributed by atoms with Crippen LogP contribution in [-0.2, 0) is 16.6 Å². The first-order valence-electron chi connectivity index (χ1n) is 7.03. The van der Waals surface area contributed by atoms with Gasteiger partial charge in [0.1, 0.15) is 10.7 Å². The molecule has 22 heavy (non-hydrogen) atoms. The lowest BCUT2D eigenvalue weighted by Gasteiger charge is -2.13. The van der Waals surface area contributed by atoms with Crippen molar-refractivity contribution < 1.29 is 8.42 Å². The Balaban J connectivity index is 2.13. The van der Waals surface area contributed by atoms with E-state index in [9.17, 15) is 8.42 Å². The van der Waals surface area contributed by atoms with Crippen LogP contribution in [0.25, 0.3) is 0 Å². The Morgan fingerprint density at radius 3 is 2.23 bits per heavy atom. The summed E-state index contributed by atoms with van der Waals surface area (Å²) in [6, 6.07) is 7.51. The van der Waals surface area contributed by atoms with Gasteiger partial charge in [-0.05, 0) is 56.6 Å². The minimum Gasteiger partial charge on any atom is -0.366 e. The molecule has 0 bridgehead atoms. The molecule has 0 aliphatic heterocycles. The number of anilines is 1. The number of pyridine rings is 1. The third-order valence-corrected chi connectivity index (χ3v) is 5.00. The first-order valence-corrected chi connectivity index (χ1v) is 8.52. The van der Waals surface area contributed by atoms with E-state index in [0.717, 1.165) is 0 Å². The lowest BCUT2D eigenvalue weighted by Crippen LogP contribution is -2.18. The smallest absolute Gasteiger partial charge is 0.241 e. The second-order valence-corrected chi connectivity index (χ2v) is 7.20. The van der Waals surface area contributed by atoms with E-state index in [1.165, 1.54) is 41.6 Å². The molecule has 1 aromatic heterocycles. The Morgan fingerprint density at radius 1 is 1.09 bits per heavy atom. The second-order valence-electron chi connectivity index (χ2n) is 5.32. The largest absolute Gasteiger partial charge is 0.366 e. The van der Waals surface area contributed by atoms with Gasteiger partial charge in [0.05, 0.1) is 0 Å². The fraction of sp³-hybridized carbons (Fsp3) is 0.312. The highest BCUT2D eigenvalue weighted by Gasteiger charge is 2.11. The molecule has 6 heteroatoms. The fourth-order valence-corrected chi connectivity index (χ4v) is 3.10. The number of aromatic nitrogens is 1. The molecule has 0 saturated carbocycles. The van der Waals surface area contributed by atoms with Crippen molar-refractivity contribution >= 4 is 15.8 Å². The standard InChI is InChI=1S/C16H21N3O2S/c1-11-7-12(2)15(13(3)8-11)10-19-16-6-5-14(9-18-16)22(20,21)17-4/h5-9,17H,10H2,1-4H3,(H,18,19). The van der Waals surface area contributed by atoms with Crippen LogP contribution in [0.15, 0.2) is 35.4 Å². The van der Waals surface area contributed by atoms with E-state index in [0.29, 0.717) is 12.4 Å². The summed E-state index contributed by atoms with van der Waals surface area (Å²) in [7, 11) is -2.06. The summed E-state index contributed by atoms with van der Waals surface area (Å²) in [5.74, 6) is 0.648. The van der Waals surface area contributed by atoms with Crippen LogP contribution in [0.1, 0.15) is 22.3 Å².